The molecule has 0 aromatic carbocycles. The van der Waals surface area contributed by atoms with Crippen molar-refractivity contribution < 1.29 is 9.53 Å². The second kappa shape index (κ2) is 6.85. The zero-order chi connectivity index (χ0) is 14.5. The molecule has 3 rings (SSSR count). The molecule has 0 spiro atoms. The maximum atomic E-state index is 12.1. The van der Waals surface area contributed by atoms with Crippen molar-refractivity contribution in [2.75, 3.05) is 26.2 Å². The molecule has 2 saturated heterocycles. The van der Waals surface area contributed by atoms with Crippen molar-refractivity contribution in [3.63, 3.8) is 0 Å². The number of piperidine rings is 2. The SMILES string of the molecule is O=C(Oc1ncccn1)N1CCC(C2CCNCC2)CC1. The van der Waals surface area contributed by atoms with Gasteiger partial charge < -0.3 is 15.0 Å². The fourth-order valence-corrected chi connectivity index (χ4v) is 3.35. The number of rotatable bonds is 2. The number of nitrogens with one attached hydrogen (secondary N) is 1. The Hall–Kier alpha value is -1.69. The molecular weight excluding hydrogens is 268 g/mol. The Kier molecular flexibility index (Phi) is 4.65. The molecule has 1 N–H and O–H groups in total. The van der Waals surface area contributed by atoms with E-state index in [1.54, 1.807) is 23.4 Å². The van der Waals surface area contributed by atoms with Crippen LogP contribution in [0.2, 0.25) is 0 Å². The van der Waals surface area contributed by atoms with Gasteiger partial charge in [-0.3, -0.25) is 0 Å². The van der Waals surface area contributed by atoms with E-state index >= 15 is 0 Å². The summed E-state index contributed by atoms with van der Waals surface area (Å²) in [7, 11) is 0. The maximum Gasteiger partial charge on any atom is 0.417 e. The van der Waals surface area contributed by atoms with Gasteiger partial charge >= 0.3 is 12.1 Å². The molecule has 1 aromatic heterocycles. The minimum absolute atomic E-state index is 0.128. The van der Waals surface area contributed by atoms with E-state index in [1.165, 1.54) is 12.8 Å². The number of carbonyl (C=O) groups is 1. The quantitative estimate of drug-likeness (QED) is 0.897. The summed E-state index contributed by atoms with van der Waals surface area (Å²) in [4.78, 5) is 21.7. The highest BCUT2D eigenvalue weighted by molar-refractivity contribution is 5.69. The molecular formula is C15H22N4O2. The van der Waals surface area contributed by atoms with Crippen molar-refractivity contribution in [2.45, 2.75) is 25.7 Å². The van der Waals surface area contributed by atoms with Crippen molar-refractivity contribution in [2.24, 2.45) is 11.8 Å². The molecule has 0 bridgehead atoms. The lowest BCUT2D eigenvalue weighted by Crippen LogP contribution is -2.43. The number of nitrogens with zero attached hydrogens (tertiary/aromatic N) is 3. The zero-order valence-corrected chi connectivity index (χ0v) is 12.2. The molecule has 2 aliphatic rings. The number of hydrogen-bond acceptors (Lipinski definition) is 5. The Balaban J connectivity index is 1.47. The van der Waals surface area contributed by atoms with Crippen LogP contribution in [0, 0.1) is 11.8 Å². The van der Waals surface area contributed by atoms with Crippen LogP contribution in [0.4, 0.5) is 4.79 Å². The van der Waals surface area contributed by atoms with E-state index in [4.69, 9.17) is 4.74 Å². The van der Waals surface area contributed by atoms with Crippen molar-refractivity contribution in [3.05, 3.63) is 18.5 Å². The Morgan fingerprint density at radius 3 is 2.38 bits per heavy atom. The van der Waals surface area contributed by atoms with Gasteiger partial charge in [-0.1, -0.05) is 0 Å². The highest BCUT2D eigenvalue weighted by Crippen LogP contribution is 2.30. The van der Waals surface area contributed by atoms with Crippen molar-refractivity contribution in [1.82, 2.24) is 20.2 Å². The molecule has 0 atom stereocenters. The molecule has 1 amide bonds. The van der Waals surface area contributed by atoms with Gasteiger partial charge in [-0.25, -0.2) is 14.8 Å². The summed E-state index contributed by atoms with van der Waals surface area (Å²) in [5, 5.41) is 3.41. The average molecular weight is 290 g/mol. The van der Waals surface area contributed by atoms with Gasteiger partial charge in [0.1, 0.15) is 0 Å². The first kappa shape index (κ1) is 14.3. The number of amides is 1. The number of aromatic nitrogens is 2. The molecule has 0 radical (unpaired) electrons. The third kappa shape index (κ3) is 3.69. The lowest BCUT2D eigenvalue weighted by atomic mass is 9.79. The van der Waals surface area contributed by atoms with E-state index < -0.39 is 0 Å². The van der Waals surface area contributed by atoms with E-state index in [2.05, 4.69) is 15.3 Å². The van der Waals surface area contributed by atoms with Crippen LogP contribution in [0.15, 0.2) is 18.5 Å². The highest BCUT2D eigenvalue weighted by atomic mass is 16.6. The van der Waals surface area contributed by atoms with E-state index in [0.717, 1.165) is 50.9 Å². The van der Waals surface area contributed by atoms with Crippen LogP contribution in [0.25, 0.3) is 0 Å². The topological polar surface area (TPSA) is 67.3 Å². The van der Waals surface area contributed by atoms with Gasteiger partial charge in [-0.2, -0.15) is 0 Å². The Bertz CT molecular complexity index is 454. The highest BCUT2D eigenvalue weighted by Gasteiger charge is 2.30. The van der Waals surface area contributed by atoms with Crippen molar-refractivity contribution in [1.29, 1.82) is 0 Å². The standard InChI is InChI=1S/C15H22N4O2/c20-15(21-14-17-6-1-7-18-14)19-10-4-13(5-11-19)12-2-8-16-9-3-12/h1,6-7,12-13,16H,2-5,8-11H2. The summed E-state index contributed by atoms with van der Waals surface area (Å²) in [5.74, 6) is 1.58. The first-order chi connectivity index (χ1) is 10.3. The molecule has 1 aromatic rings. The fourth-order valence-electron chi connectivity index (χ4n) is 3.35. The molecule has 3 heterocycles. The fraction of sp³-hybridized carbons (Fsp3) is 0.667. The number of likely N-dealkylation sites (tertiary alicyclic amines) is 1. The molecule has 0 unspecified atom stereocenters. The Morgan fingerprint density at radius 1 is 1.10 bits per heavy atom. The van der Waals surface area contributed by atoms with Gasteiger partial charge in [0, 0.05) is 25.5 Å². The van der Waals surface area contributed by atoms with Crippen LogP contribution in [-0.2, 0) is 0 Å². The normalized spacial score (nSPS) is 21.2. The average Bonchev–Trinajstić information content (AvgIpc) is 2.57. The van der Waals surface area contributed by atoms with Crippen LogP contribution in [0.1, 0.15) is 25.7 Å². The van der Waals surface area contributed by atoms with Crippen LogP contribution in [0.5, 0.6) is 6.01 Å². The number of hydrogen-bond donors (Lipinski definition) is 1. The third-order valence-corrected chi connectivity index (χ3v) is 4.57. The molecule has 21 heavy (non-hydrogen) atoms. The summed E-state index contributed by atoms with van der Waals surface area (Å²) < 4.78 is 5.19. The van der Waals surface area contributed by atoms with E-state index in [0.29, 0.717) is 0 Å². The summed E-state index contributed by atoms with van der Waals surface area (Å²) >= 11 is 0. The smallest absolute Gasteiger partial charge is 0.374 e. The van der Waals surface area contributed by atoms with Crippen molar-refractivity contribution >= 4 is 6.09 Å². The van der Waals surface area contributed by atoms with Gasteiger partial charge in [-0.15, -0.1) is 0 Å². The van der Waals surface area contributed by atoms with Crippen LogP contribution in [0.3, 0.4) is 0 Å². The molecule has 114 valence electrons. The monoisotopic (exact) mass is 290 g/mol. The lowest BCUT2D eigenvalue weighted by molar-refractivity contribution is 0.108. The maximum absolute atomic E-state index is 12.1. The first-order valence-electron chi connectivity index (χ1n) is 7.77. The van der Waals surface area contributed by atoms with Crippen LogP contribution >= 0.6 is 0 Å². The molecule has 0 saturated carbocycles. The first-order valence-corrected chi connectivity index (χ1v) is 7.77. The molecule has 6 heteroatoms. The number of carbonyl (C=O) groups excluding carboxylic acids is 1. The summed E-state index contributed by atoms with van der Waals surface area (Å²) in [6, 6.07) is 1.82. The van der Waals surface area contributed by atoms with Crippen LogP contribution in [-0.4, -0.2) is 47.1 Å². The molecule has 0 aliphatic carbocycles. The van der Waals surface area contributed by atoms with E-state index in [-0.39, 0.29) is 12.1 Å². The third-order valence-electron chi connectivity index (χ3n) is 4.57. The summed E-state index contributed by atoms with van der Waals surface area (Å²) in [6.07, 6.45) is 7.51. The van der Waals surface area contributed by atoms with Crippen molar-refractivity contribution in [3.8, 4) is 6.01 Å². The molecule has 2 fully saturated rings. The van der Waals surface area contributed by atoms with Crippen LogP contribution < -0.4 is 10.1 Å². The lowest BCUT2D eigenvalue weighted by Gasteiger charge is -2.37. The Morgan fingerprint density at radius 2 is 1.71 bits per heavy atom. The minimum Gasteiger partial charge on any atom is -0.374 e. The largest absolute Gasteiger partial charge is 0.417 e. The minimum atomic E-state index is -0.329. The molecule has 6 nitrogen and oxygen atoms in total. The van der Waals surface area contributed by atoms with Gasteiger partial charge in [0.25, 0.3) is 0 Å². The van der Waals surface area contributed by atoms with Gasteiger partial charge in [0.2, 0.25) is 0 Å². The second-order valence-corrected chi connectivity index (χ2v) is 5.81. The second-order valence-electron chi connectivity index (χ2n) is 5.81. The summed E-state index contributed by atoms with van der Waals surface area (Å²) in [6.45, 7) is 3.83. The van der Waals surface area contributed by atoms with Gasteiger partial charge in [-0.05, 0) is 56.7 Å². The van der Waals surface area contributed by atoms with E-state index in [9.17, 15) is 4.79 Å². The van der Waals surface area contributed by atoms with Gasteiger partial charge in [0.05, 0.1) is 0 Å². The van der Waals surface area contributed by atoms with E-state index in [1.807, 2.05) is 0 Å². The zero-order valence-electron chi connectivity index (χ0n) is 12.2. The van der Waals surface area contributed by atoms with Gasteiger partial charge in [0.15, 0.2) is 0 Å². The molecule has 2 aliphatic heterocycles. The number of ether oxygens (including phenoxy) is 1. The Labute approximate surface area is 124 Å². The predicted molar refractivity (Wildman–Crippen MR) is 77.9 cm³/mol. The summed E-state index contributed by atoms with van der Waals surface area (Å²) in [5.41, 5.74) is 0. The predicted octanol–water partition coefficient (Wildman–Crippen LogP) is 1.69.